The van der Waals surface area contributed by atoms with E-state index >= 15 is 0 Å². The van der Waals surface area contributed by atoms with Gasteiger partial charge in [-0.1, -0.05) is 0 Å². The first-order chi connectivity index (χ1) is 9.56. The van der Waals surface area contributed by atoms with Crippen molar-refractivity contribution in [2.75, 3.05) is 20.0 Å². The molecule has 0 bridgehead atoms. The fourth-order valence-electron chi connectivity index (χ4n) is 1.43. The van der Waals surface area contributed by atoms with Crippen LogP contribution in [0.25, 0.3) is 5.82 Å². The zero-order chi connectivity index (χ0) is 14.7. The van der Waals surface area contributed by atoms with Crippen LogP contribution in [-0.2, 0) is 9.47 Å². The number of anilines is 1. The molecule has 0 saturated heterocycles. The van der Waals surface area contributed by atoms with E-state index in [9.17, 15) is 9.59 Å². The number of nitrogens with zero attached hydrogens (tertiary/aromatic N) is 4. The van der Waals surface area contributed by atoms with Gasteiger partial charge in [0, 0.05) is 12.3 Å². The third kappa shape index (κ3) is 2.41. The van der Waals surface area contributed by atoms with E-state index in [1.165, 1.54) is 37.4 Å². The maximum atomic E-state index is 11.4. The van der Waals surface area contributed by atoms with Crippen molar-refractivity contribution < 1.29 is 19.1 Å². The van der Waals surface area contributed by atoms with Gasteiger partial charge in [-0.25, -0.2) is 24.2 Å². The highest BCUT2D eigenvalue weighted by Crippen LogP contribution is 2.13. The number of nitrogen functional groups attached to an aromatic ring is 1. The Labute approximate surface area is 113 Å². The van der Waals surface area contributed by atoms with E-state index in [0.29, 0.717) is 0 Å². The summed E-state index contributed by atoms with van der Waals surface area (Å²) in [5.41, 5.74) is 5.76. The molecule has 9 nitrogen and oxygen atoms in total. The number of esters is 2. The summed E-state index contributed by atoms with van der Waals surface area (Å²) in [5, 5.41) is 3.95. The Balaban J connectivity index is 2.42. The second-order valence-electron chi connectivity index (χ2n) is 3.60. The molecule has 0 amide bonds. The van der Waals surface area contributed by atoms with Crippen molar-refractivity contribution in [3.05, 3.63) is 30.0 Å². The number of carbonyl (C=O) groups excluding carboxylic acids is 2. The number of rotatable bonds is 3. The fourth-order valence-corrected chi connectivity index (χ4v) is 1.43. The van der Waals surface area contributed by atoms with E-state index in [0.717, 1.165) is 0 Å². The average molecular weight is 277 g/mol. The van der Waals surface area contributed by atoms with E-state index in [1.807, 2.05) is 0 Å². The third-order valence-electron chi connectivity index (χ3n) is 2.36. The van der Waals surface area contributed by atoms with E-state index in [2.05, 4.69) is 24.5 Å². The maximum Gasteiger partial charge on any atom is 0.376 e. The van der Waals surface area contributed by atoms with Gasteiger partial charge in [-0.2, -0.15) is 5.10 Å². The molecule has 2 aromatic heterocycles. The normalized spacial score (nSPS) is 10.1. The van der Waals surface area contributed by atoms with E-state index in [1.54, 1.807) is 0 Å². The highest BCUT2D eigenvalue weighted by Gasteiger charge is 2.17. The van der Waals surface area contributed by atoms with Gasteiger partial charge in [-0.3, -0.25) is 0 Å². The first-order valence-corrected chi connectivity index (χ1v) is 5.42. The summed E-state index contributed by atoms with van der Waals surface area (Å²) in [6, 6.07) is 1.50. The molecule has 2 aromatic rings. The Morgan fingerprint density at radius 2 is 1.95 bits per heavy atom. The number of methoxy groups -OCH3 is 2. The SMILES string of the molecule is COC(=O)c1nccc(-n2cc(N)c(C(=O)OC)n2)n1. The number of carbonyl (C=O) groups is 2. The molecule has 20 heavy (non-hydrogen) atoms. The molecule has 0 fully saturated rings. The molecule has 0 atom stereocenters. The largest absolute Gasteiger partial charge is 0.464 e. The Kier molecular flexibility index (Phi) is 3.60. The standard InChI is InChI=1S/C11H11N5O4/c1-19-10(17)8-6(12)5-16(15-8)7-3-4-13-9(14-7)11(18)20-2/h3-5H,12H2,1-2H3. The molecule has 0 spiro atoms. The number of hydrogen-bond acceptors (Lipinski definition) is 8. The zero-order valence-electron chi connectivity index (χ0n) is 10.7. The van der Waals surface area contributed by atoms with Gasteiger partial charge in [0.25, 0.3) is 0 Å². The molecule has 0 aliphatic heterocycles. The molecule has 2 rings (SSSR count). The smallest absolute Gasteiger partial charge is 0.376 e. The van der Waals surface area contributed by atoms with Gasteiger partial charge in [-0.05, 0) is 0 Å². The van der Waals surface area contributed by atoms with Crippen molar-refractivity contribution in [3.8, 4) is 5.82 Å². The van der Waals surface area contributed by atoms with Crippen LogP contribution in [0, 0.1) is 0 Å². The van der Waals surface area contributed by atoms with Crippen molar-refractivity contribution in [3.63, 3.8) is 0 Å². The predicted molar refractivity (Wildman–Crippen MR) is 66.2 cm³/mol. The van der Waals surface area contributed by atoms with E-state index < -0.39 is 11.9 Å². The Bertz CT molecular complexity index is 667. The Hall–Kier alpha value is -2.97. The van der Waals surface area contributed by atoms with Crippen LogP contribution in [0.3, 0.4) is 0 Å². The van der Waals surface area contributed by atoms with Gasteiger partial charge in [0.1, 0.15) is 0 Å². The van der Waals surface area contributed by atoms with Gasteiger partial charge >= 0.3 is 11.9 Å². The fraction of sp³-hybridized carbons (Fsp3) is 0.182. The Morgan fingerprint density at radius 3 is 2.60 bits per heavy atom. The highest BCUT2D eigenvalue weighted by molar-refractivity contribution is 5.92. The summed E-state index contributed by atoms with van der Waals surface area (Å²) >= 11 is 0. The highest BCUT2D eigenvalue weighted by atomic mass is 16.5. The van der Waals surface area contributed by atoms with Crippen molar-refractivity contribution in [2.24, 2.45) is 0 Å². The molecule has 0 saturated carbocycles. The zero-order valence-corrected chi connectivity index (χ0v) is 10.7. The van der Waals surface area contributed by atoms with Crippen LogP contribution in [0.15, 0.2) is 18.5 Å². The minimum absolute atomic E-state index is 0.0364. The molecular formula is C11H11N5O4. The van der Waals surface area contributed by atoms with Crippen LogP contribution in [0.5, 0.6) is 0 Å². The van der Waals surface area contributed by atoms with Crippen molar-refractivity contribution in [2.45, 2.75) is 0 Å². The maximum absolute atomic E-state index is 11.4. The molecule has 9 heteroatoms. The quantitative estimate of drug-likeness (QED) is 0.766. The molecule has 2 heterocycles. The predicted octanol–water partition coefficient (Wildman–Crippen LogP) is -0.182. The summed E-state index contributed by atoms with van der Waals surface area (Å²) in [5.74, 6) is -1.20. The lowest BCUT2D eigenvalue weighted by molar-refractivity contribution is 0.0580. The molecule has 0 radical (unpaired) electrons. The van der Waals surface area contributed by atoms with Crippen LogP contribution in [0.4, 0.5) is 5.69 Å². The molecule has 0 unspecified atom stereocenters. The third-order valence-corrected chi connectivity index (χ3v) is 2.36. The summed E-state index contributed by atoms with van der Waals surface area (Å²) in [6.45, 7) is 0. The average Bonchev–Trinajstić information content (AvgIpc) is 2.87. The summed E-state index contributed by atoms with van der Waals surface area (Å²) in [7, 11) is 2.44. The number of nitrogens with two attached hydrogens (primary N) is 1. The first kappa shape index (κ1) is 13.5. The van der Waals surface area contributed by atoms with Crippen LogP contribution in [-0.4, -0.2) is 45.9 Å². The lowest BCUT2D eigenvalue weighted by Gasteiger charge is -2.01. The van der Waals surface area contributed by atoms with Crippen molar-refractivity contribution in [1.82, 2.24) is 19.7 Å². The number of ether oxygens (including phenoxy) is 2. The van der Waals surface area contributed by atoms with Crippen molar-refractivity contribution in [1.29, 1.82) is 0 Å². The van der Waals surface area contributed by atoms with Gasteiger partial charge in [0.2, 0.25) is 5.82 Å². The van der Waals surface area contributed by atoms with Gasteiger partial charge in [0.05, 0.1) is 26.1 Å². The number of aromatic nitrogens is 4. The monoisotopic (exact) mass is 277 g/mol. The molecule has 0 aliphatic carbocycles. The number of hydrogen-bond donors (Lipinski definition) is 1. The summed E-state index contributed by atoms with van der Waals surface area (Å²) in [4.78, 5) is 30.5. The van der Waals surface area contributed by atoms with Gasteiger partial charge in [0.15, 0.2) is 11.5 Å². The van der Waals surface area contributed by atoms with Crippen LogP contribution < -0.4 is 5.73 Å². The molecule has 2 N–H and O–H groups in total. The van der Waals surface area contributed by atoms with Crippen LogP contribution >= 0.6 is 0 Å². The topological polar surface area (TPSA) is 122 Å². The van der Waals surface area contributed by atoms with Crippen LogP contribution in [0.1, 0.15) is 21.1 Å². The molecule has 0 aliphatic rings. The lowest BCUT2D eigenvalue weighted by atomic mass is 10.4. The lowest BCUT2D eigenvalue weighted by Crippen LogP contribution is -2.10. The first-order valence-electron chi connectivity index (χ1n) is 5.42. The van der Waals surface area contributed by atoms with Crippen LogP contribution in [0.2, 0.25) is 0 Å². The second-order valence-corrected chi connectivity index (χ2v) is 3.60. The van der Waals surface area contributed by atoms with Gasteiger partial charge in [-0.15, -0.1) is 0 Å². The van der Waals surface area contributed by atoms with Crippen molar-refractivity contribution >= 4 is 17.6 Å². The molecular weight excluding hydrogens is 266 g/mol. The second kappa shape index (κ2) is 5.34. The molecule has 0 aromatic carbocycles. The van der Waals surface area contributed by atoms with Gasteiger partial charge < -0.3 is 15.2 Å². The Morgan fingerprint density at radius 1 is 1.25 bits per heavy atom. The molecule has 104 valence electrons. The summed E-state index contributed by atoms with van der Waals surface area (Å²) in [6.07, 6.45) is 2.75. The minimum atomic E-state index is -0.680. The van der Waals surface area contributed by atoms with E-state index in [-0.39, 0.29) is 23.0 Å². The minimum Gasteiger partial charge on any atom is -0.464 e. The summed E-state index contributed by atoms with van der Waals surface area (Å²) < 4.78 is 10.3. The van der Waals surface area contributed by atoms with E-state index in [4.69, 9.17) is 5.73 Å².